The summed E-state index contributed by atoms with van der Waals surface area (Å²) in [5, 5.41) is 15.0. The molecule has 0 radical (unpaired) electrons. The number of aliphatic hydroxyl groups is 1. The van der Waals surface area contributed by atoms with Gasteiger partial charge in [0, 0.05) is 56.2 Å². The van der Waals surface area contributed by atoms with E-state index in [9.17, 15) is 9.90 Å². The number of hydrogen-bond acceptors (Lipinski definition) is 7. The number of carbonyl (C=O) groups is 1. The van der Waals surface area contributed by atoms with Crippen molar-refractivity contribution in [2.75, 3.05) is 18.4 Å². The molecule has 1 aliphatic heterocycles. The van der Waals surface area contributed by atoms with Crippen LogP contribution in [0.15, 0.2) is 24.4 Å². The lowest BCUT2D eigenvalue weighted by atomic mass is 9.90. The van der Waals surface area contributed by atoms with E-state index in [1.54, 1.807) is 0 Å². The summed E-state index contributed by atoms with van der Waals surface area (Å²) < 4.78 is 0. The molecule has 0 atom stereocenters. The van der Waals surface area contributed by atoms with Gasteiger partial charge >= 0.3 is 0 Å². The molecule has 196 valence electrons. The first-order chi connectivity index (χ1) is 18.4. The van der Waals surface area contributed by atoms with Crippen LogP contribution in [0.25, 0.3) is 22.0 Å². The van der Waals surface area contributed by atoms with Crippen molar-refractivity contribution in [2.45, 2.75) is 69.9 Å². The average molecular weight is 548 g/mol. The van der Waals surface area contributed by atoms with Gasteiger partial charge < -0.3 is 15.3 Å². The van der Waals surface area contributed by atoms with Gasteiger partial charge in [-0.05, 0) is 49.4 Å². The molecule has 7 nitrogen and oxygen atoms in total. The van der Waals surface area contributed by atoms with E-state index < -0.39 is 5.60 Å². The standard InChI is InChI=1S/C29H30ClN5O2S/c1-18(36)32-28-33-24-9-7-20-17-31-27(34-25(20)26(24)38-28)22-16-19(6-8-23(22)30)10-11-29(37)12-14-35(15-13-29)21-4-2-3-5-21/h6,8,16-17,21,37H,2-5,7,9,12-15H2,1H3,(H,32,33,36). The highest BCUT2D eigenvalue weighted by molar-refractivity contribution is 7.19. The van der Waals surface area contributed by atoms with Crippen LogP contribution in [0.1, 0.15) is 62.3 Å². The summed E-state index contributed by atoms with van der Waals surface area (Å²) in [5.74, 6) is 6.73. The Morgan fingerprint density at radius 2 is 2.00 bits per heavy atom. The number of hydrogen-bond donors (Lipinski definition) is 2. The van der Waals surface area contributed by atoms with Crippen LogP contribution in [-0.4, -0.2) is 55.6 Å². The lowest BCUT2D eigenvalue weighted by Crippen LogP contribution is -2.47. The predicted octanol–water partition coefficient (Wildman–Crippen LogP) is 5.10. The van der Waals surface area contributed by atoms with E-state index >= 15 is 0 Å². The Balaban J connectivity index is 1.24. The zero-order valence-corrected chi connectivity index (χ0v) is 23.0. The molecule has 3 aromatic rings. The number of fused-ring (bicyclic) bond motifs is 3. The molecule has 1 amide bonds. The minimum Gasteiger partial charge on any atom is -0.377 e. The molecule has 3 heterocycles. The topological polar surface area (TPSA) is 91.2 Å². The van der Waals surface area contributed by atoms with Gasteiger partial charge in [-0.1, -0.05) is 47.6 Å². The molecule has 0 spiro atoms. The minimum absolute atomic E-state index is 0.145. The molecule has 0 bridgehead atoms. The van der Waals surface area contributed by atoms with Gasteiger partial charge in [0.25, 0.3) is 0 Å². The van der Waals surface area contributed by atoms with Crippen molar-refractivity contribution in [2.24, 2.45) is 0 Å². The van der Waals surface area contributed by atoms with E-state index in [1.807, 2.05) is 24.4 Å². The van der Waals surface area contributed by atoms with Gasteiger partial charge in [0.2, 0.25) is 5.91 Å². The fourth-order valence-corrected chi connectivity index (χ4v) is 6.98. The van der Waals surface area contributed by atoms with Crippen LogP contribution < -0.4 is 5.32 Å². The molecule has 38 heavy (non-hydrogen) atoms. The van der Waals surface area contributed by atoms with Crippen LogP contribution in [0.4, 0.5) is 5.13 Å². The lowest BCUT2D eigenvalue weighted by Gasteiger charge is -2.38. The maximum Gasteiger partial charge on any atom is 0.223 e. The Morgan fingerprint density at radius 1 is 1.21 bits per heavy atom. The van der Waals surface area contributed by atoms with Crippen LogP contribution >= 0.6 is 22.9 Å². The number of aromatic nitrogens is 3. The molecule has 1 saturated carbocycles. The van der Waals surface area contributed by atoms with Gasteiger partial charge in [-0.2, -0.15) is 0 Å². The molecular weight excluding hydrogens is 518 g/mol. The first-order valence-electron chi connectivity index (χ1n) is 13.3. The van der Waals surface area contributed by atoms with Gasteiger partial charge in [0.1, 0.15) is 5.60 Å². The zero-order chi connectivity index (χ0) is 26.3. The molecule has 3 aliphatic rings. The number of nitrogens with one attached hydrogen (secondary N) is 1. The van der Waals surface area contributed by atoms with Crippen molar-refractivity contribution >= 4 is 34.0 Å². The third-order valence-electron chi connectivity index (χ3n) is 7.80. The molecule has 2 fully saturated rings. The highest BCUT2D eigenvalue weighted by atomic mass is 35.5. The molecular formula is C29H30ClN5O2S. The zero-order valence-electron chi connectivity index (χ0n) is 21.4. The second-order valence-corrected chi connectivity index (χ2v) is 11.9. The summed E-state index contributed by atoms with van der Waals surface area (Å²) in [6.45, 7) is 3.27. The Kier molecular flexibility index (Phi) is 6.95. The van der Waals surface area contributed by atoms with Gasteiger partial charge in [-0.15, -0.1) is 0 Å². The third kappa shape index (κ3) is 5.21. The molecule has 0 unspecified atom stereocenters. The van der Waals surface area contributed by atoms with Crippen molar-refractivity contribution in [3.8, 4) is 33.8 Å². The van der Waals surface area contributed by atoms with Crippen LogP contribution in [0.3, 0.4) is 0 Å². The van der Waals surface area contributed by atoms with Gasteiger partial charge in [0.05, 0.1) is 21.3 Å². The van der Waals surface area contributed by atoms with Crippen LogP contribution in [0.2, 0.25) is 5.02 Å². The number of piperidine rings is 1. The molecule has 2 aliphatic carbocycles. The number of carbonyl (C=O) groups excluding carboxylic acids is 1. The SMILES string of the molecule is CC(=O)Nc1nc2c(s1)-c1nc(-c3cc(C#CC4(O)CCN(C5CCCC5)CC4)ccc3Cl)ncc1CC2. The number of benzene rings is 1. The van der Waals surface area contributed by atoms with E-state index in [1.165, 1.54) is 43.9 Å². The van der Waals surface area contributed by atoms with Gasteiger partial charge in [0.15, 0.2) is 11.0 Å². The Morgan fingerprint density at radius 3 is 2.76 bits per heavy atom. The smallest absolute Gasteiger partial charge is 0.223 e. The number of likely N-dealkylation sites (tertiary alicyclic amines) is 1. The highest BCUT2D eigenvalue weighted by Gasteiger charge is 2.34. The van der Waals surface area contributed by atoms with E-state index in [0.717, 1.165) is 53.3 Å². The number of nitrogens with zero attached hydrogens (tertiary/aromatic N) is 4. The third-order valence-corrected chi connectivity index (χ3v) is 9.15. The van der Waals surface area contributed by atoms with Crippen LogP contribution in [0.5, 0.6) is 0 Å². The average Bonchev–Trinajstić information content (AvgIpc) is 3.58. The Bertz CT molecular complexity index is 1440. The quantitative estimate of drug-likeness (QED) is 0.443. The Hall–Kier alpha value is -2.83. The summed E-state index contributed by atoms with van der Waals surface area (Å²) in [5.41, 5.74) is 3.32. The van der Waals surface area contributed by atoms with Crippen molar-refractivity contribution in [3.05, 3.63) is 46.2 Å². The normalized spacial score (nSPS) is 18.8. The molecule has 2 aromatic heterocycles. The largest absolute Gasteiger partial charge is 0.377 e. The number of aryl methyl sites for hydroxylation is 2. The second-order valence-electron chi connectivity index (χ2n) is 10.5. The van der Waals surface area contributed by atoms with Crippen molar-refractivity contribution < 1.29 is 9.90 Å². The summed E-state index contributed by atoms with van der Waals surface area (Å²) in [4.78, 5) is 29.1. The van der Waals surface area contributed by atoms with Gasteiger partial charge in [-0.25, -0.2) is 15.0 Å². The number of anilines is 1. The van der Waals surface area contributed by atoms with Crippen LogP contribution in [-0.2, 0) is 17.6 Å². The maximum atomic E-state index is 11.5. The molecule has 2 N–H and O–H groups in total. The van der Waals surface area contributed by atoms with Gasteiger partial charge in [-0.3, -0.25) is 4.79 Å². The van der Waals surface area contributed by atoms with E-state index in [0.29, 0.717) is 40.4 Å². The molecule has 9 heteroatoms. The highest BCUT2D eigenvalue weighted by Crippen LogP contribution is 2.39. The fourth-order valence-electron chi connectivity index (χ4n) is 5.70. The van der Waals surface area contributed by atoms with Crippen LogP contribution in [0, 0.1) is 11.8 Å². The van der Waals surface area contributed by atoms with Crippen molar-refractivity contribution in [1.82, 2.24) is 19.9 Å². The number of rotatable bonds is 3. The monoisotopic (exact) mass is 547 g/mol. The lowest BCUT2D eigenvalue weighted by molar-refractivity contribution is -0.114. The van der Waals surface area contributed by atoms with E-state index in [2.05, 4.69) is 32.0 Å². The summed E-state index contributed by atoms with van der Waals surface area (Å²) >= 11 is 8.02. The molecule has 1 aromatic carbocycles. The van der Waals surface area contributed by atoms with E-state index in [4.69, 9.17) is 16.6 Å². The van der Waals surface area contributed by atoms with Crippen molar-refractivity contribution in [1.29, 1.82) is 0 Å². The van der Waals surface area contributed by atoms with Crippen molar-refractivity contribution in [3.63, 3.8) is 0 Å². The number of thiazole rings is 1. The maximum absolute atomic E-state index is 11.5. The molecule has 1 saturated heterocycles. The summed E-state index contributed by atoms with van der Waals surface area (Å²) in [6.07, 6.45) is 9.98. The first kappa shape index (κ1) is 25.4. The number of amides is 1. The minimum atomic E-state index is -0.967. The predicted molar refractivity (Wildman–Crippen MR) is 150 cm³/mol. The summed E-state index contributed by atoms with van der Waals surface area (Å²) in [6, 6.07) is 6.26. The second kappa shape index (κ2) is 10.4. The Labute approximate surface area is 231 Å². The fraction of sp³-hybridized carbons (Fsp3) is 0.448. The number of halogens is 1. The summed E-state index contributed by atoms with van der Waals surface area (Å²) in [7, 11) is 0. The first-order valence-corrected chi connectivity index (χ1v) is 14.5. The van der Waals surface area contributed by atoms with E-state index in [-0.39, 0.29) is 5.91 Å². The molecule has 6 rings (SSSR count).